The van der Waals surface area contributed by atoms with Crippen LogP contribution in [0.15, 0.2) is 24.4 Å². The SMILES string of the molecule is CC(C)Nc1ncc2cccc(C(=O)O)c2n1. The smallest absolute Gasteiger partial charge is 0.337 e. The van der Waals surface area contributed by atoms with Gasteiger partial charge < -0.3 is 10.4 Å². The van der Waals surface area contributed by atoms with Gasteiger partial charge in [-0.15, -0.1) is 0 Å². The van der Waals surface area contributed by atoms with E-state index in [2.05, 4.69) is 15.3 Å². The number of hydrogen-bond donors (Lipinski definition) is 2. The topological polar surface area (TPSA) is 75.1 Å². The van der Waals surface area contributed by atoms with Gasteiger partial charge in [0.25, 0.3) is 0 Å². The first-order valence-corrected chi connectivity index (χ1v) is 5.33. The minimum Gasteiger partial charge on any atom is -0.478 e. The van der Waals surface area contributed by atoms with Crippen molar-refractivity contribution in [2.24, 2.45) is 0 Å². The summed E-state index contributed by atoms with van der Waals surface area (Å²) in [5.74, 6) is -0.536. The van der Waals surface area contributed by atoms with Crippen molar-refractivity contribution in [1.29, 1.82) is 0 Å². The van der Waals surface area contributed by atoms with E-state index in [0.717, 1.165) is 5.39 Å². The maximum absolute atomic E-state index is 11.1. The molecular formula is C12H13N3O2. The minimum absolute atomic E-state index is 0.191. The van der Waals surface area contributed by atoms with Crippen LogP contribution in [0.5, 0.6) is 0 Å². The second-order valence-electron chi connectivity index (χ2n) is 4.04. The number of aromatic carboxylic acids is 1. The Morgan fingerprint density at radius 2 is 2.18 bits per heavy atom. The minimum atomic E-state index is -0.982. The predicted octanol–water partition coefficient (Wildman–Crippen LogP) is 2.15. The van der Waals surface area contributed by atoms with Crippen molar-refractivity contribution in [2.45, 2.75) is 19.9 Å². The second kappa shape index (κ2) is 4.37. The first kappa shape index (κ1) is 11.3. The molecule has 1 aromatic heterocycles. The van der Waals surface area contributed by atoms with Crippen molar-refractivity contribution < 1.29 is 9.90 Å². The number of aromatic nitrogens is 2. The van der Waals surface area contributed by atoms with Crippen LogP contribution < -0.4 is 5.32 Å². The molecule has 2 N–H and O–H groups in total. The average Bonchev–Trinajstić information content (AvgIpc) is 2.27. The molecule has 0 saturated carbocycles. The predicted molar refractivity (Wildman–Crippen MR) is 65.3 cm³/mol. The van der Waals surface area contributed by atoms with Crippen LogP contribution in [0, 0.1) is 0 Å². The highest BCUT2D eigenvalue weighted by molar-refractivity contribution is 6.01. The number of nitrogens with zero attached hydrogens (tertiary/aromatic N) is 2. The van der Waals surface area contributed by atoms with Gasteiger partial charge in [0, 0.05) is 17.6 Å². The van der Waals surface area contributed by atoms with Gasteiger partial charge in [0.2, 0.25) is 5.95 Å². The summed E-state index contributed by atoms with van der Waals surface area (Å²) in [6.07, 6.45) is 1.62. The molecule has 2 rings (SSSR count). The summed E-state index contributed by atoms with van der Waals surface area (Å²) in [7, 11) is 0. The summed E-state index contributed by atoms with van der Waals surface area (Å²) < 4.78 is 0. The van der Waals surface area contributed by atoms with Crippen LogP contribution >= 0.6 is 0 Å². The van der Waals surface area contributed by atoms with Gasteiger partial charge >= 0.3 is 5.97 Å². The highest BCUT2D eigenvalue weighted by atomic mass is 16.4. The molecule has 0 aliphatic rings. The number of benzene rings is 1. The van der Waals surface area contributed by atoms with E-state index in [1.807, 2.05) is 13.8 Å². The van der Waals surface area contributed by atoms with Crippen LogP contribution in [0.4, 0.5) is 5.95 Å². The Morgan fingerprint density at radius 1 is 1.41 bits per heavy atom. The van der Waals surface area contributed by atoms with Crippen LogP contribution in [0.2, 0.25) is 0 Å². The molecule has 0 bridgehead atoms. The van der Waals surface area contributed by atoms with Gasteiger partial charge in [-0.3, -0.25) is 0 Å². The Balaban J connectivity index is 2.57. The van der Waals surface area contributed by atoms with Crippen molar-refractivity contribution in [3.8, 4) is 0 Å². The molecule has 2 aromatic rings. The Morgan fingerprint density at radius 3 is 2.82 bits per heavy atom. The van der Waals surface area contributed by atoms with Gasteiger partial charge in [-0.2, -0.15) is 0 Å². The third-order valence-electron chi connectivity index (χ3n) is 2.26. The number of carboxylic acids is 1. The van der Waals surface area contributed by atoms with Gasteiger partial charge in [-0.25, -0.2) is 14.8 Å². The number of anilines is 1. The van der Waals surface area contributed by atoms with Gasteiger partial charge in [-0.1, -0.05) is 12.1 Å². The molecule has 88 valence electrons. The molecule has 1 aromatic carbocycles. The highest BCUT2D eigenvalue weighted by Gasteiger charge is 2.10. The molecule has 5 nitrogen and oxygen atoms in total. The van der Waals surface area contributed by atoms with Crippen LogP contribution in [-0.2, 0) is 0 Å². The molecule has 0 spiro atoms. The van der Waals surface area contributed by atoms with Crippen LogP contribution in [0.3, 0.4) is 0 Å². The number of nitrogens with one attached hydrogen (secondary N) is 1. The van der Waals surface area contributed by atoms with Gasteiger partial charge in [0.15, 0.2) is 0 Å². The van der Waals surface area contributed by atoms with Crippen molar-refractivity contribution in [2.75, 3.05) is 5.32 Å². The van der Waals surface area contributed by atoms with E-state index >= 15 is 0 Å². The van der Waals surface area contributed by atoms with Gasteiger partial charge in [-0.05, 0) is 19.9 Å². The quantitative estimate of drug-likeness (QED) is 0.846. The second-order valence-corrected chi connectivity index (χ2v) is 4.04. The largest absolute Gasteiger partial charge is 0.478 e. The van der Waals surface area contributed by atoms with E-state index < -0.39 is 5.97 Å². The Kier molecular flexibility index (Phi) is 2.91. The molecule has 0 fully saturated rings. The average molecular weight is 231 g/mol. The van der Waals surface area contributed by atoms with E-state index in [0.29, 0.717) is 11.5 Å². The maximum Gasteiger partial charge on any atom is 0.337 e. The van der Waals surface area contributed by atoms with E-state index in [4.69, 9.17) is 5.11 Å². The molecule has 0 radical (unpaired) electrons. The Bertz CT molecular complexity index is 567. The summed E-state index contributed by atoms with van der Waals surface area (Å²) in [6, 6.07) is 5.21. The lowest BCUT2D eigenvalue weighted by atomic mass is 10.1. The van der Waals surface area contributed by atoms with Gasteiger partial charge in [0.1, 0.15) is 0 Å². The van der Waals surface area contributed by atoms with E-state index in [1.165, 1.54) is 6.07 Å². The Hall–Kier alpha value is -2.17. The number of carboxylic acid groups (broad SMARTS) is 1. The fraction of sp³-hybridized carbons (Fsp3) is 0.250. The summed E-state index contributed by atoms with van der Waals surface area (Å²) in [6.45, 7) is 3.94. The Labute approximate surface area is 98.5 Å². The fourth-order valence-electron chi connectivity index (χ4n) is 1.56. The fourth-order valence-corrected chi connectivity index (χ4v) is 1.56. The summed E-state index contributed by atoms with van der Waals surface area (Å²) in [5, 5.41) is 12.8. The normalized spacial score (nSPS) is 10.8. The standard InChI is InChI=1S/C12H13N3O2/c1-7(2)14-12-13-6-8-4-3-5-9(11(16)17)10(8)15-12/h3-7H,1-2H3,(H,16,17)(H,13,14,15). The first-order valence-electron chi connectivity index (χ1n) is 5.33. The molecule has 0 aliphatic heterocycles. The monoisotopic (exact) mass is 231 g/mol. The van der Waals surface area contributed by atoms with Crippen molar-refractivity contribution in [1.82, 2.24) is 9.97 Å². The molecule has 0 saturated heterocycles. The summed E-state index contributed by atoms with van der Waals surface area (Å²) in [4.78, 5) is 19.4. The zero-order chi connectivity index (χ0) is 12.4. The molecule has 0 amide bonds. The van der Waals surface area contributed by atoms with Gasteiger partial charge in [0.05, 0.1) is 11.1 Å². The molecule has 0 unspecified atom stereocenters. The third-order valence-corrected chi connectivity index (χ3v) is 2.26. The molecular weight excluding hydrogens is 218 g/mol. The number of rotatable bonds is 3. The van der Waals surface area contributed by atoms with E-state index in [-0.39, 0.29) is 11.6 Å². The molecule has 5 heteroatoms. The molecule has 0 atom stereocenters. The van der Waals surface area contributed by atoms with Crippen LogP contribution in [-0.4, -0.2) is 27.1 Å². The van der Waals surface area contributed by atoms with Crippen molar-refractivity contribution in [3.63, 3.8) is 0 Å². The first-order chi connectivity index (χ1) is 8.08. The zero-order valence-corrected chi connectivity index (χ0v) is 9.64. The highest BCUT2D eigenvalue weighted by Crippen LogP contribution is 2.17. The molecule has 1 heterocycles. The van der Waals surface area contributed by atoms with Crippen molar-refractivity contribution in [3.05, 3.63) is 30.0 Å². The zero-order valence-electron chi connectivity index (χ0n) is 9.64. The number of hydrogen-bond acceptors (Lipinski definition) is 4. The lowest BCUT2D eigenvalue weighted by Crippen LogP contribution is -2.12. The third kappa shape index (κ3) is 2.33. The molecule has 17 heavy (non-hydrogen) atoms. The van der Waals surface area contributed by atoms with E-state index in [1.54, 1.807) is 18.3 Å². The molecule has 0 aliphatic carbocycles. The summed E-state index contributed by atoms with van der Waals surface area (Å²) in [5.41, 5.74) is 0.648. The van der Waals surface area contributed by atoms with Crippen LogP contribution in [0.25, 0.3) is 10.9 Å². The lowest BCUT2D eigenvalue weighted by Gasteiger charge is -2.09. The number of para-hydroxylation sites is 1. The van der Waals surface area contributed by atoms with Crippen molar-refractivity contribution >= 4 is 22.8 Å². The number of fused-ring (bicyclic) bond motifs is 1. The number of carbonyl (C=O) groups is 1. The maximum atomic E-state index is 11.1. The van der Waals surface area contributed by atoms with E-state index in [9.17, 15) is 4.79 Å². The summed E-state index contributed by atoms with van der Waals surface area (Å²) >= 11 is 0. The van der Waals surface area contributed by atoms with Crippen LogP contribution in [0.1, 0.15) is 24.2 Å². The lowest BCUT2D eigenvalue weighted by molar-refractivity contribution is 0.0699.